The number of anilines is 2. The fourth-order valence-corrected chi connectivity index (χ4v) is 2.82. The van der Waals surface area contributed by atoms with Gasteiger partial charge in [0.15, 0.2) is 0 Å². The van der Waals surface area contributed by atoms with Crippen molar-refractivity contribution in [2.24, 2.45) is 0 Å². The van der Waals surface area contributed by atoms with E-state index in [1.807, 2.05) is 24.3 Å². The number of nitrogen functional groups attached to an aromatic ring is 1. The molecule has 0 aliphatic heterocycles. The second-order valence-electron chi connectivity index (χ2n) is 4.86. The zero-order valence-corrected chi connectivity index (χ0v) is 12.8. The van der Waals surface area contributed by atoms with Crippen LogP contribution in [0.5, 0.6) is 0 Å². The number of aromatic nitrogens is 1. The Balaban J connectivity index is 1.88. The highest BCUT2D eigenvalue weighted by Crippen LogP contribution is 2.26. The maximum Gasteiger partial charge on any atom is 0.0577 e. The molecular weight excluding hydrogens is 314 g/mol. The molecule has 0 saturated carbocycles. The lowest BCUT2D eigenvalue weighted by Gasteiger charge is -2.10. The van der Waals surface area contributed by atoms with Crippen molar-refractivity contribution in [3.8, 4) is 0 Å². The summed E-state index contributed by atoms with van der Waals surface area (Å²) in [4.78, 5) is 3.41. The van der Waals surface area contributed by atoms with E-state index < -0.39 is 0 Å². The molecule has 0 radical (unpaired) electrons. The second kappa shape index (κ2) is 5.21. The van der Waals surface area contributed by atoms with Gasteiger partial charge < -0.3 is 16.0 Å². The summed E-state index contributed by atoms with van der Waals surface area (Å²) in [5.41, 5.74) is 11.4. The first kappa shape index (κ1) is 13.1. The van der Waals surface area contributed by atoms with Crippen LogP contribution in [0.4, 0.5) is 11.4 Å². The van der Waals surface area contributed by atoms with Crippen molar-refractivity contribution in [1.29, 1.82) is 0 Å². The van der Waals surface area contributed by atoms with Crippen molar-refractivity contribution in [2.45, 2.75) is 13.5 Å². The Morgan fingerprint density at radius 2 is 2.00 bits per heavy atom. The molecule has 3 aromatic rings. The molecule has 0 bridgehead atoms. The van der Waals surface area contributed by atoms with Crippen LogP contribution in [0.15, 0.2) is 46.9 Å². The summed E-state index contributed by atoms with van der Waals surface area (Å²) in [5, 5.41) is 4.67. The van der Waals surface area contributed by atoms with Gasteiger partial charge in [-0.3, -0.25) is 0 Å². The van der Waals surface area contributed by atoms with Gasteiger partial charge >= 0.3 is 0 Å². The Morgan fingerprint density at radius 1 is 1.20 bits per heavy atom. The Labute approximate surface area is 126 Å². The van der Waals surface area contributed by atoms with Crippen LogP contribution in [0.3, 0.4) is 0 Å². The van der Waals surface area contributed by atoms with Crippen molar-refractivity contribution >= 4 is 38.2 Å². The summed E-state index contributed by atoms with van der Waals surface area (Å²) in [6.45, 7) is 2.85. The number of rotatable bonds is 3. The van der Waals surface area contributed by atoms with Gasteiger partial charge in [-0.15, -0.1) is 0 Å². The molecule has 20 heavy (non-hydrogen) atoms. The van der Waals surface area contributed by atoms with Crippen LogP contribution >= 0.6 is 15.9 Å². The molecule has 3 nitrogen and oxygen atoms in total. The van der Waals surface area contributed by atoms with Gasteiger partial charge in [-0.05, 0) is 36.8 Å². The number of nitrogens with two attached hydrogens (primary N) is 1. The minimum Gasteiger partial charge on any atom is -0.397 e. The SMILES string of the molecule is Cc1[nH]c2ccccc2c1CNc1ccc(Br)cc1N. The zero-order chi connectivity index (χ0) is 14.1. The van der Waals surface area contributed by atoms with Crippen LogP contribution in [0.25, 0.3) is 10.9 Å². The number of hydrogen-bond acceptors (Lipinski definition) is 2. The molecule has 1 heterocycles. The van der Waals surface area contributed by atoms with Gasteiger partial charge in [0.05, 0.1) is 11.4 Å². The normalized spacial score (nSPS) is 10.9. The van der Waals surface area contributed by atoms with Gasteiger partial charge in [-0.2, -0.15) is 0 Å². The van der Waals surface area contributed by atoms with E-state index in [0.29, 0.717) is 0 Å². The first-order valence-corrected chi connectivity index (χ1v) is 7.29. The molecule has 0 fully saturated rings. The van der Waals surface area contributed by atoms with Crippen molar-refractivity contribution in [3.63, 3.8) is 0 Å². The molecule has 0 atom stereocenters. The Hall–Kier alpha value is -1.94. The maximum absolute atomic E-state index is 6.01. The Kier molecular flexibility index (Phi) is 3.40. The fourth-order valence-electron chi connectivity index (χ4n) is 2.44. The van der Waals surface area contributed by atoms with Gasteiger partial charge in [-0.1, -0.05) is 34.1 Å². The van der Waals surface area contributed by atoms with Gasteiger partial charge in [0.1, 0.15) is 0 Å². The third-order valence-corrected chi connectivity index (χ3v) is 3.99. The third-order valence-electron chi connectivity index (χ3n) is 3.50. The summed E-state index contributed by atoms with van der Waals surface area (Å²) in [7, 11) is 0. The molecule has 0 unspecified atom stereocenters. The highest BCUT2D eigenvalue weighted by Gasteiger charge is 2.08. The lowest BCUT2D eigenvalue weighted by molar-refractivity contribution is 1.12. The summed E-state index contributed by atoms with van der Waals surface area (Å²) >= 11 is 3.42. The van der Waals surface area contributed by atoms with E-state index in [-0.39, 0.29) is 0 Å². The van der Waals surface area contributed by atoms with Gasteiger partial charge in [0.2, 0.25) is 0 Å². The zero-order valence-electron chi connectivity index (χ0n) is 11.2. The molecule has 0 saturated heterocycles. The fraction of sp³-hybridized carbons (Fsp3) is 0.125. The number of fused-ring (bicyclic) bond motifs is 1. The molecule has 4 heteroatoms. The average molecular weight is 330 g/mol. The molecule has 0 spiro atoms. The van der Waals surface area contributed by atoms with Crippen LogP contribution in [0.2, 0.25) is 0 Å². The molecular formula is C16H16BrN3. The van der Waals surface area contributed by atoms with E-state index in [1.54, 1.807) is 0 Å². The van der Waals surface area contributed by atoms with Crippen molar-refractivity contribution < 1.29 is 0 Å². The molecule has 0 aliphatic rings. The Bertz CT molecular complexity index is 762. The number of halogens is 1. The number of benzene rings is 2. The van der Waals surface area contributed by atoms with Crippen molar-refractivity contribution in [2.75, 3.05) is 11.1 Å². The van der Waals surface area contributed by atoms with Gasteiger partial charge in [0, 0.05) is 27.6 Å². The first-order chi connectivity index (χ1) is 9.65. The van der Waals surface area contributed by atoms with E-state index >= 15 is 0 Å². The van der Waals surface area contributed by atoms with Crippen LogP contribution < -0.4 is 11.1 Å². The molecule has 4 N–H and O–H groups in total. The lowest BCUT2D eigenvalue weighted by atomic mass is 10.1. The second-order valence-corrected chi connectivity index (χ2v) is 5.77. The summed E-state index contributed by atoms with van der Waals surface area (Å²) in [6.07, 6.45) is 0. The van der Waals surface area contributed by atoms with Crippen LogP contribution in [-0.2, 0) is 6.54 Å². The van der Waals surface area contributed by atoms with Crippen LogP contribution in [0, 0.1) is 6.92 Å². The number of H-pyrrole nitrogens is 1. The number of para-hydroxylation sites is 1. The highest BCUT2D eigenvalue weighted by atomic mass is 79.9. The molecule has 102 valence electrons. The molecule has 2 aromatic carbocycles. The topological polar surface area (TPSA) is 53.8 Å². The summed E-state index contributed by atoms with van der Waals surface area (Å²) in [6, 6.07) is 14.2. The minimum atomic E-state index is 0.747. The quantitative estimate of drug-likeness (QED) is 0.622. The van der Waals surface area contributed by atoms with E-state index in [2.05, 4.69) is 51.4 Å². The standard InChI is InChI=1S/C16H16BrN3/c1-10-13(12-4-2-3-5-15(12)20-10)9-19-16-7-6-11(17)8-14(16)18/h2-8,19-20H,9,18H2,1H3. The maximum atomic E-state index is 6.01. The average Bonchev–Trinajstić information content (AvgIpc) is 2.74. The summed E-state index contributed by atoms with van der Waals surface area (Å²) in [5.74, 6) is 0. The smallest absolute Gasteiger partial charge is 0.0577 e. The minimum absolute atomic E-state index is 0.747. The highest BCUT2D eigenvalue weighted by molar-refractivity contribution is 9.10. The van der Waals surface area contributed by atoms with Gasteiger partial charge in [0.25, 0.3) is 0 Å². The third kappa shape index (κ3) is 2.39. The summed E-state index contributed by atoms with van der Waals surface area (Å²) < 4.78 is 0.990. The Morgan fingerprint density at radius 3 is 2.80 bits per heavy atom. The van der Waals surface area contributed by atoms with Gasteiger partial charge in [-0.25, -0.2) is 0 Å². The number of nitrogens with one attached hydrogen (secondary N) is 2. The molecule has 3 rings (SSSR count). The van der Waals surface area contributed by atoms with E-state index in [4.69, 9.17) is 5.73 Å². The number of hydrogen-bond donors (Lipinski definition) is 3. The monoisotopic (exact) mass is 329 g/mol. The van der Waals surface area contributed by atoms with Crippen LogP contribution in [-0.4, -0.2) is 4.98 Å². The number of aromatic amines is 1. The number of aryl methyl sites for hydroxylation is 1. The largest absolute Gasteiger partial charge is 0.397 e. The van der Waals surface area contributed by atoms with Crippen molar-refractivity contribution in [3.05, 3.63) is 58.2 Å². The first-order valence-electron chi connectivity index (χ1n) is 6.50. The molecule has 0 amide bonds. The lowest BCUT2D eigenvalue weighted by Crippen LogP contribution is -2.03. The predicted molar refractivity (Wildman–Crippen MR) is 88.9 cm³/mol. The van der Waals surface area contributed by atoms with Crippen molar-refractivity contribution in [1.82, 2.24) is 4.98 Å². The predicted octanol–water partition coefficient (Wildman–Crippen LogP) is 4.43. The molecule has 1 aromatic heterocycles. The van der Waals surface area contributed by atoms with E-state index in [9.17, 15) is 0 Å². The van der Waals surface area contributed by atoms with E-state index in [0.717, 1.165) is 22.4 Å². The van der Waals surface area contributed by atoms with E-state index in [1.165, 1.54) is 22.2 Å². The van der Waals surface area contributed by atoms with Crippen LogP contribution in [0.1, 0.15) is 11.3 Å². The molecule has 0 aliphatic carbocycles.